The van der Waals surface area contributed by atoms with Crippen LogP contribution in [0.15, 0.2) is 30.3 Å². The molecule has 0 aliphatic rings. The third-order valence-electron chi connectivity index (χ3n) is 3.11. The number of methoxy groups -OCH3 is 1. The van der Waals surface area contributed by atoms with E-state index >= 15 is 0 Å². The molecule has 23 heavy (non-hydrogen) atoms. The highest BCUT2D eigenvalue weighted by molar-refractivity contribution is 6.35. The Hall–Kier alpha value is -1.29. The normalized spacial score (nSPS) is 10.5. The van der Waals surface area contributed by atoms with Crippen molar-refractivity contribution in [2.75, 3.05) is 19.0 Å². The minimum Gasteiger partial charge on any atom is -0.493 e. The highest BCUT2D eigenvalue weighted by Gasteiger charge is 2.13. The minimum atomic E-state index is 0.507. The number of benzene rings is 2. The van der Waals surface area contributed by atoms with E-state index in [2.05, 4.69) is 5.32 Å². The van der Waals surface area contributed by atoms with Crippen molar-refractivity contribution >= 4 is 40.5 Å². The average Bonchev–Trinajstić information content (AvgIpc) is 2.50. The number of hydrogen-bond acceptors (Lipinski definition) is 3. The average molecular weight is 375 g/mol. The fraction of sp³-hybridized carbons (Fsp3) is 0.294. The van der Waals surface area contributed by atoms with Gasteiger partial charge in [-0.1, -0.05) is 41.7 Å². The Kier molecular flexibility index (Phi) is 6.70. The van der Waals surface area contributed by atoms with Crippen molar-refractivity contribution < 1.29 is 9.47 Å². The second kappa shape index (κ2) is 8.53. The predicted molar refractivity (Wildman–Crippen MR) is 97.6 cm³/mol. The van der Waals surface area contributed by atoms with E-state index in [0.717, 1.165) is 17.7 Å². The molecule has 0 aromatic heterocycles. The molecule has 0 spiro atoms. The quantitative estimate of drug-likeness (QED) is 0.639. The first-order valence-electron chi connectivity index (χ1n) is 7.22. The summed E-state index contributed by atoms with van der Waals surface area (Å²) < 4.78 is 11.2. The number of anilines is 1. The van der Waals surface area contributed by atoms with Crippen molar-refractivity contribution in [2.24, 2.45) is 0 Å². The van der Waals surface area contributed by atoms with Gasteiger partial charge in [0.15, 0.2) is 11.5 Å². The zero-order chi connectivity index (χ0) is 16.8. The van der Waals surface area contributed by atoms with Gasteiger partial charge < -0.3 is 14.8 Å². The van der Waals surface area contributed by atoms with Crippen molar-refractivity contribution in [3.05, 3.63) is 51.0 Å². The third kappa shape index (κ3) is 5.10. The van der Waals surface area contributed by atoms with Gasteiger partial charge in [0.1, 0.15) is 0 Å². The molecule has 0 saturated heterocycles. The molecule has 2 aromatic rings. The molecular formula is C17H18Cl3NO2. The van der Waals surface area contributed by atoms with E-state index < -0.39 is 0 Å². The molecule has 0 unspecified atom stereocenters. The van der Waals surface area contributed by atoms with Crippen LogP contribution in [0.5, 0.6) is 11.5 Å². The van der Waals surface area contributed by atoms with E-state index in [0.29, 0.717) is 39.7 Å². The van der Waals surface area contributed by atoms with Crippen LogP contribution in [0.1, 0.15) is 18.9 Å². The highest BCUT2D eigenvalue weighted by Crippen LogP contribution is 2.35. The molecule has 0 aliphatic heterocycles. The second-order valence-corrected chi connectivity index (χ2v) is 6.27. The molecule has 2 aromatic carbocycles. The summed E-state index contributed by atoms with van der Waals surface area (Å²) >= 11 is 18.2. The van der Waals surface area contributed by atoms with Gasteiger partial charge in [-0.05, 0) is 30.7 Å². The van der Waals surface area contributed by atoms with Crippen LogP contribution in [0.4, 0.5) is 5.69 Å². The van der Waals surface area contributed by atoms with Gasteiger partial charge in [0.05, 0.1) is 13.7 Å². The van der Waals surface area contributed by atoms with Crippen LogP contribution in [-0.2, 0) is 6.54 Å². The molecule has 3 nitrogen and oxygen atoms in total. The van der Waals surface area contributed by atoms with E-state index in [1.54, 1.807) is 19.2 Å². The summed E-state index contributed by atoms with van der Waals surface area (Å²) in [5.41, 5.74) is 1.72. The Morgan fingerprint density at radius 2 is 1.61 bits per heavy atom. The predicted octanol–water partition coefficient (Wildman–Crippen LogP) is 6.06. The van der Waals surface area contributed by atoms with Crippen LogP contribution in [0.2, 0.25) is 15.1 Å². The molecule has 0 heterocycles. The van der Waals surface area contributed by atoms with Crippen molar-refractivity contribution in [1.82, 2.24) is 0 Å². The van der Waals surface area contributed by atoms with E-state index in [1.165, 1.54) is 0 Å². The molecule has 0 saturated carbocycles. The molecule has 124 valence electrons. The van der Waals surface area contributed by atoms with Gasteiger partial charge in [-0.3, -0.25) is 0 Å². The zero-order valence-corrected chi connectivity index (χ0v) is 15.2. The molecule has 0 bridgehead atoms. The van der Waals surface area contributed by atoms with Crippen LogP contribution < -0.4 is 14.8 Å². The van der Waals surface area contributed by atoms with E-state index in [9.17, 15) is 0 Å². The lowest BCUT2D eigenvalue weighted by Crippen LogP contribution is -2.06. The van der Waals surface area contributed by atoms with Gasteiger partial charge in [0, 0.05) is 38.9 Å². The lowest BCUT2D eigenvalue weighted by Gasteiger charge is -2.16. The number of ether oxygens (including phenoxy) is 2. The van der Waals surface area contributed by atoms with Crippen molar-refractivity contribution in [2.45, 2.75) is 19.9 Å². The first kappa shape index (κ1) is 18.1. The maximum atomic E-state index is 6.16. The number of nitrogens with one attached hydrogen (secondary N) is 1. The van der Waals surface area contributed by atoms with Crippen molar-refractivity contribution in [1.29, 1.82) is 0 Å². The number of hydrogen-bond donors (Lipinski definition) is 1. The second-order valence-electron chi connectivity index (χ2n) is 4.96. The van der Waals surface area contributed by atoms with Gasteiger partial charge >= 0.3 is 0 Å². The Balaban J connectivity index is 2.25. The SMILES string of the molecule is CCCOc1c(CNc2cc(Cl)cc(Cl)c2)cc(Cl)cc1OC. The third-order valence-corrected chi connectivity index (χ3v) is 3.77. The van der Waals surface area contributed by atoms with Gasteiger partial charge in [0.25, 0.3) is 0 Å². The fourth-order valence-corrected chi connectivity index (χ4v) is 2.88. The summed E-state index contributed by atoms with van der Waals surface area (Å²) in [5, 5.41) is 5.01. The fourth-order valence-electron chi connectivity index (χ4n) is 2.13. The summed E-state index contributed by atoms with van der Waals surface area (Å²) in [7, 11) is 1.60. The van der Waals surface area contributed by atoms with Crippen LogP contribution in [0.3, 0.4) is 0 Å². The van der Waals surface area contributed by atoms with E-state index in [-0.39, 0.29) is 0 Å². The summed E-state index contributed by atoms with van der Waals surface area (Å²) in [6.45, 7) is 3.16. The molecule has 0 radical (unpaired) electrons. The summed E-state index contributed by atoms with van der Waals surface area (Å²) in [6.07, 6.45) is 0.905. The Morgan fingerprint density at radius 1 is 0.957 bits per heavy atom. The van der Waals surface area contributed by atoms with Crippen LogP contribution in [0.25, 0.3) is 0 Å². The Bertz CT molecular complexity index is 657. The lowest BCUT2D eigenvalue weighted by atomic mass is 10.1. The summed E-state index contributed by atoms with van der Waals surface area (Å²) in [5.74, 6) is 1.31. The van der Waals surface area contributed by atoms with Crippen LogP contribution in [-0.4, -0.2) is 13.7 Å². The number of rotatable bonds is 7. The molecule has 0 atom stereocenters. The van der Waals surface area contributed by atoms with Crippen LogP contribution in [0, 0.1) is 0 Å². The number of halogens is 3. The first-order chi connectivity index (χ1) is 11.0. The van der Waals surface area contributed by atoms with Crippen LogP contribution >= 0.6 is 34.8 Å². The first-order valence-corrected chi connectivity index (χ1v) is 8.36. The Morgan fingerprint density at radius 3 is 2.22 bits per heavy atom. The zero-order valence-electron chi connectivity index (χ0n) is 13.0. The van der Waals surface area contributed by atoms with Gasteiger partial charge in [-0.15, -0.1) is 0 Å². The standard InChI is InChI=1S/C17H18Cl3NO2/c1-3-4-23-17-11(5-12(18)9-16(17)22-2)10-21-15-7-13(19)6-14(20)8-15/h5-9,21H,3-4,10H2,1-2H3. The molecule has 0 fully saturated rings. The molecule has 1 N–H and O–H groups in total. The van der Waals surface area contributed by atoms with Crippen molar-refractivity contribution in [3.8, 4) is 11.5 Å². The maximum absolute atomic E-state index is 6.16. The monoisotopic (exact) mass is 373 g/mol. The Labute approximate surface area is 151 Å². The molecule has 2 rings (SSSR count). The topological polar surface area (TPSA) is 30.5 Å². The van der Waals surface area contributed by atoms with Gasteiger partial charge in [0.2, 0.25) is 0 Å². The van der Waals surface area contributed by atoms with Crippen molar-refractivity contribution in [3.63, 3.8) is 0 Å². The summed E-state index contributed by atoms with van der Waals surface area (Å²) in [4.78, 5) is 0. The minimum absolute atomic E-state index is 0.507. The molecule has 0 amide bonds. The van der Waals surface area contributed by atoms with Gasteiger partial charge in [-0.2, -0.15) is 0 Å². The van der Waals surface area contributed by atoms with E-state index in [1.807, 2.05) is 25.1 Å². The smallest absolute Gasteiger partial charge is 0.166 e. The maximum Gasteiger partial charge on any atom is 0.166 e. The molecule has 6 heteroatoms. The largest absolute Gasteiger partial charge is 0.493 e. The molecular weight excluding hydrogens is 357 g/mol. The van der Waals surface area contributed by atoms with Gasteiger partial charge in [-0.25, -0.2) is 0 Å². The summed E-state index contributed by atoms with van der Waals surface area (Å²) in [6, 6.07) is 8.90. The lowest BCUT2D eigenvalue weighted by molar-refractivity contribution is 0.291. The van der Waals surface area contributed by atoms with E-state index in [4.69, 9.17) is 44.3 Å². The molecule has 0 aliphatic carbocycles. The highest BCUT2D eigenvalue weighted by atomic mass is 35.5.